The van der Waals surface area contributed by atoms with Crippen molar-refractivity contribution >= 4 is 17.7 Å². The molecule has 0 aliphatic heterocycles. The summed E-state index contributed by atoms with van der Waals surface area (Å²) in [7, 11) is 0. The molecule has 0 saturated heterocycles. The molecule has 0 aliphatic carbocycles. The van der Waals surface area contributed by atoms with Crippen molar-refractivity contribution in [3.05, 3.63) is 35.7 Å². The van der Waals surface area contributed by atoms with E-state index in [0.29, 0.717) is 12.2 Å². The molecule has 0 aromatic carbocycles. The van der Waals surface area contributed by atoms with Gasteiger partial charge in [-0.05, 0) is 31.0 Å². The number of hydrogen-bond acceptors (Lipinski definition) is 5. The molecular weight excluding hydrogens is 272 g/mol. The highest BCUT2D eigenvalue weighted by Gasteiger charge is 2.08. The average molecular weight is 288 g/mol. The summed E-state index contributed by atoms with van der Waals surface area (Å²) in [5.74, 6) is -0.947. The predicted octanol–water partition coefficient (Wildman–Crippen LogP) is 1.19. The van der Waals surface area contributed by atoms with E-state index in [-0.39, 0.29) is 18.5 Å². The molecule has 7 nitrogen and oxygen atoms in total. The molecule has 0 atom stereocenters. The minimum Gasteiger partial charge on any atom is -0.481 e. The smallest absolute Gasteiger partial charge is 0.303 e. The van der Waals surface area contributed by atoms with Crippen LogP contribution in [0.15, 0.2) is 30.1 Å². The van der Waals surface area contributed by atoms with Gasteiger partial charge in [0.15, 0.2) is 0 Å². The fourth-order valence-electron chi connectivity index (χ4n) is 1.45. The van der Waals surface area contributed by atoms with Gasteiger partial charge in [0.2, 0.25) is 0 Å². The third kappa shape index (κ3) is 6.20. The molecule has 110 valence electrons. The van der Waals surface area contributed by atoms with Crippen LogP contribution in [0, 0.1) is 18.3 Å². The number of carbonyl (C=O) groups is 2. The van der Waals surface area contributed by atoms with Crippen LogP contribution in [0.4, 0.5) is 5.82 Å². The van der Waals surface area contributed by atoms with E-state index in [1.807, 2.05) is 13.0 Å². The van der Waals surface area contributed by atoms with Crippen LogP contribution in [-0.4, -0.2) is 28.5 Å². The van der Waals surface area contributed by atoms with Crippen molar-refractivity contribution in [2.24, 2.45) is 0 Å². The van der Waals surface area contributed by atoms with Gasteiger partial charge in [-0.25, -0.2) is 4.98 Å². The molecule has 21 heavy (non-hydrogen) atoms. The molecule has 0 spiro atoms. The number of carboxylic acids is 1. The molecular formula is C14H16N4O3. The lowest BCUT2D eigenvalue weighted by Crippen LogP contribution is -2.26. The Labute approximate surface area is 122 Å². The van der Waals surface area contributed by atoms with Crippen molar-refractivity contribution < 1.29 is 14.7 Å². The number of nitriles is 1. The summed E-state index contributed by atoms with van der Waals surface area (Å²) in [6.45, 7) is 2.10. The summed E-state index contributed by atoms with van der Waals surface area (Å²) in [4.78, 5) is 26.1. The summed E-state index contributed by atoms with van der Waals surface area (Å²) >= 11 is 0. The molecule has 3 N–H and O–H groups in total. The van der Waals surface area contributed by atoms with Gasteiger partial charge in [0.25, 0.3) is 5.91 Å². The van der Waals surface area contributed by atoms with Gasteiger partial charge in [0.05, 0.1) is 0 Å². The second-order valence-corrected chi connectivity index (χ2v) is 4.29. The van der Waals surface area contributed by atoms with Crippen LogP contribution in [0.25, 0.3) is 0 Å². The van der Waals surface area contributed by atoms with E-state index in [9.17, 15) is 9.59 Å². The second-order valence-electron chi connectivity index (χ2n) is 4.29. The molecule has 1 rings (SSSR count). The number of nitrogens with one attached hydrogen (secondary N) is 2. The SMILES string of the molecule is Cc1ccnc(N/C=C(/C#N)C(=O)NCCCC(=O)O)c1. The molecule has 1 amide bonds. The first-order chi connectivity index (χ1) is 10.0. The third-order valence-corrected chi connectivity index (χ3v) is 2.50. The van der Waals surface area contributed by atoms with Crippen LogP contribution in [-0.2, 0) is 9.59 Å². The molecule has 0 unspecified atom stereocenters. The van der Waals surface area contributed by atoms with Gasteiger partial charge in [-0.3, -0.25) is 9.59 Å². The van der Waals surface area contributed by atoms with Crippen LogP contribution in [0.1, 0.15) is 18.4 Å². The third-order valence-electron chi connectivity index (χ3n) is 2.50. The molecule has 1 aromatic heterocycles. The van der Waals surface area contributed by atoms with Crippen molar-refractivity contribution in [2.75, 3.05) is 11.9 Å². The van der Waals surface area contributed by atoms with Crippen molar-refractivity contribution in [3.63, 3.8) is 0 Å². The molecule has 0 fully saturated rings. The first-order valence-corrected chi connectivity index (χ1v) is 6.32. The number of aromatic nitrogens is 1. The van der Waals surface area contributed by atoms with E-state index in [2.05, 4.69) is 15.6 Å². The number of amides is 1. The number of nitrogens with zero attached hydrogens (tertiary/aromatic N) is 2. The Morgan fingerprint density at radius 3 is 2.90 bits per heavy atom. The van der Waals surface area contributed by atoms with Gasteiger partial charge in [-0.2, -0.15) is 5.26 Å². The lowest BCUT2D eigenvalue weighted by molar-refractivity contribution is -0.137. The minimum atomic E-state index is -0.924. The van der Waals surface area contributed by atoms with Crippen LogP contribution in [0.2, 0.25) is 0 Å². The van der Waals surface area contributed by atoms with E-state index in [0.717, 1.165) is 5.56 Å². The number of aryl methyl sites for hydroxylation is 1. The highest BCUT2D eigenvalue weighted by atomic mass is 16.4. The van der Waals surface area contributed by atoms with Gasteiger partial charge < -0.3 is 15.7 Å². The first kappa shape index (κ1) is 16.2. The Balaban J connectivity index is 2.53. The Morgan fingerprint density at radius 1 is 1.52 bits per heavy atom. The number of carbonyl (C=O) groups excluding carboxylic acids is 1. The van der Waals surface area contributed by atoms with E-state index < -0.39 is 11.9 Å². The zero-order valence-corrected chi connectivity index (χ0v) is 11.6. The normalized spacial score (nSPS) is 10.6. The zero-order chi connectivity index (χ0) is 15.7. The Hall–Kier alpha value is -2.88. The molecule has 0 bridgehead atoms. The highest BCUT2D eigenvalue weighted by Crippen LogP contribution is 2.06. The highest BCUT2D eigenvalue weighted by molar-refractivity contribution is 5.97. The Morgan fingerprint density at radius 2 is 2.29 bits per heavy atom. The van der Waals surface area contributed by atoms with Crippen LogP contribution >= 0.6 is 0 Å². The zero-order valence-electron chi connectivity index (χ0n) is 11.6. The molecule has 0 aliphatic rings. The van der Waals surface area contributed by atoms with Crippen LogP contribution < -0.4 is 10.6 Å². The van der Waals surface area contributed by atoms with Gasteiger partial charge in [-0.15, -0.1) is 0 Å². The Kier molecular flexibility index (Phi) is 6.41. The summed E-state index contributed by atoms with van der Waals surface area (Å²) in [5.41, 5.74) is 0.895. The summed E-state index contributed by atoms with van der Waals surface area (Å²) in [5, 5.41) is 22.7. The fraction of sp³-hybridized carbons (Fsp3) is 0.286. The van der Waals surface area contributed by atoms with Crippen molar-refractivity contribution in [2.45, 2.75) is 19.8 Å². The van der Waals surface area contributed by atoms with E-state index in [1.165, 1.54) is 6.20 Å². The van der Waals surface area contributed by atoms with Gasteiger partial charge in [0, 0.05) is 25.4 Å². The predicted molar refractivity (Wildman–Crippen MR) is 76.2 cm³/mol. The van der Waals surface area contributed by atoms with Crippen LogP contribution in [0.3, 0.4) is 0 Å². The van der Waals surface area contributed by atoms with Gasteiger partial charge in [0.1, 0.15) is 17.5 Å². The Bertz CT molecular complexity index is 590. The van der Waals surface area contributed by atoms with E-state index >= 15 is 0 Å². The van der Waals surface area contributed by atoms with Gasteiger partial charge in [-0.1, -0.05) is 0 Å². The van der Waals surface area contributed by atoms with Crippen molar-refractivity contribution in [1.29, 1.82) is 5.26 Å². The maximum atomic E-state index is 11.7. The average Bonchev–Trinajstić information content (AvgIpc) is 2.44. The quantitative estimate of drug-likeness (QED) is 0.394. The van der Waals surface area contributed by atoms with Crippen molar-refractivity contribution in [3.8, 4) is 6.07 Å². The van der Waals surface area contributed by atoms with E-state index in [4.69, 9.17) is 10.4 Å². The number of pyridine rings is 1. The molecule has 1 aromatic rings. The van der Waals surface area contributed by atoms with E-state index in [1.54, 1.807) is 18.3 Å². The lowest BCUT2D eigenvalue weighted by atomic mass is 10.2. The first-order valence-electron chi connectivity index (χ1n) is 6.32. The van der Waals surface area contributed by atoms with Crippen molar-refractivity contribution in [1.82, 2.24) is 10.3 Å². The summed E-state index contributed by atoms with van der Waals surface area (Å²) in [6, 6.07) is 5.38. The second kappa shape index (κ2) is 8.32. The molecule has 7 heteroatoms. The standard InChI is InChI=1S/C14H16N4O3/c1-10-4-6-16-12(7-10)18-9-11(8-15)14(21)17-5-2-3-13(19)20/h4,6-7,9H,2-3,5H2,1H3,(H,16,18)(H,17,21)(H,19,20)/b11-9-. The maximum absolute atomic E-state index is 11.7. The van der Waals surface area contributed by atoms with Gasteiger partial charge >= 0.3 is 5.97 Å². The number of carboxylic acid groups (broad SMARTS) is 1. The minimum absolute atomic E-state index is 0.0304. The molecule has 0 radical (unpaired) electrons. The molecule has 1 heterocycles. The number of aliphatic carboxylic acids is 1. The summed E-state index contributed by atoms with van der Waals surface area (Å²) < 4.78 is 0. The maximum Gasteiger partial charge on any atom is 0.303 e. The fourth-order valence-corrected chi connectivity index (χ4v) is 1.45. The number of anilines is 1. The largest absolute Gasteiger partial charge is 0.481 e. The number of hydrogen-bond donors (Lipinski definition) is 3. The lowest BCUT2D eigenvalue weighted by Gasteiger charge is -2.04. The van der Waals surface area contributed by atoms with Crippen LogP contribution in [0.5, 0.6) is 0 Å². The molecule has 0 saturated carbocycles. The number of rotatable bonds is 7. The topological polar surface area (TPSA) is 115 Å². The summed E-state index contributed by atoms with van der Waals surface area (Å²) in [6.07, 6.45) is 3.17. The monoisotopic (exact) mass is 288 g/mol.